The van der Waals surface area contributed by atoms with Gasteiger partial charge in [0.1, 0.15) is 0 Å². The third-order valence-corrected chi connectivity index (χ3v) is 3.63. The van der Waals surface area contributed by atoms with E-state index in [-0.39, 0.29) is 17.8 Å². The van der Waals surface area contributed by atoms with Crippen LogP contribution in [0.2, 0.25) is 0 Å². The van der Waals surface area contributed by atoms with Crippen molar-refractivity contribution in [3.63, 3.8) is 0 Å². The number of aromatic nitrogens is 4. The van der Waals surface area contributed by atoms with Gasteiger partial charge in [-0.05, 0) is 12.8 Å². The van der Waals surface area contributed by atoms with Gasteiger partial charge in [0, 0.05) is 24.2 Å². The summed E-state index contributed by atoms with van der Waals surface area (Å²) >= 11 is 0. The highest BCUT2D eigenvalue weighted by molar-refractivity contribution is 4.96. The van der Waals surface area contributed by atoms with Crippen LogP contribution < -0.4 is 0 Å². The fraction of sp³-hybridized carbons (Fsp3) is 0.733. The fourth-order valence-corrected chi connectivity index (χ4v) is 2.04. The van der Waals surface area contributed by atoms with Crippen molar-refractivity contribution in [2.75, 3.05) is 0 Å². The summed E-state index contributed by atoms with van der Waals surface area (Å²) in [5.41, 5.74) is 0. The summed E-state index contributed by atoms with van der Waals surface area (Å²) in [6.45, 7) is 10.3. The van der Waals surface area contributed by atoms with E-state index in [9.17, 15) is 0 Å². The zero-order chi connectivity index (χ0) is 15.4. The number of nitrogens with zero attached hydrogens (tertiary/aromatic N) is 4. The van der Waals surface area contributed by atoms with Crippen molar-refractivity contribution in [3.8, 4) is 0 Å². The van der Waals surface area contributed by atoms with Crippen molar-refractivity contribution in [1.82, 2.24) is 20.3 Å². The number of aryl methyl sites for hydroxylation is 1. The number of rotatable bonds is 7. The smallest absolute Gasteiger partial charge is 0.226 e. The van der Waals surface area contributed by atoms with Gasteiger partial charge in [0.15, 0.2) is 5.82 Å². The molecule has 0 saturated carbocycles. The molecule has 0 bridgehead atoms. The van der Waals surface area contributed by atoms with Gasteiger partial charge in [0.05, 0.1) is 0 Å². The van der Waals surface area contributed by atoms with E-state index in [2.05, 4.69) is 34.2 Å². The minimum absolute atomic E-state index is 0.241. The fourth-order valence-electron chi connectivity index (χ4n) is 2.04. The molecule has 0 N–H and O–H groups in total. The van der Waals surface area contributed by atoms with Crippen molar-refractivity contribution in [2.45, 2.75) is 71.6 Å². The number of hydrogen-bond donors (Lipinski definition) is 0. The van der Waals surface area contributed by atoms with Gasteiger partial charge in [-0.15, -0.1) is 10.2 Å². The minimum atomic E-state index is 0.241. The van der Waals surface area contributed by atoms with Crippen molar-refractivity contribution < 1.29 is 8.94 Å². The van der Waals surface area contributed by atoms with Crippen LogP contribution in [0.3, 0.4) is 0 Å². The molecule has 0 aromatic carbocycles. The second kappa shape index (κ2) is 6.83. The van der Waals surface area contributed by atoms with Crippen molar-refractivity contribution in [3.05, 3.63) is 23.5 Å². The molecule has 0 aliphatic carbocycles. The van der Waals surface area contributed by atoms with E-state index in [1.807, 2.05) is 20.8 Å². The first-order chi connectivity index (χ1) is 10.0. The van der Waals surface area contributed by atoms with Gasteiger partial charge in [-0.2, -0.15) is 4.98 Å². The molecule has 2 heterocycles. The third-order valence-electron chi connectivity index (χ3n) is 3.63. The lowest BCUT2D eigenvalue weighted by Gasteiger charge is -2.10. The topological polar surface area (TPSA) is 77.8 Å². The van der Waals surface area contributed by atoms with Crippen LogP contribution in [0.1, 0.15) is 88.7 Å². The zero-order valence-electron chi connectivity index (χ0n) is 13.5. The van der Waals surface area contributed by atoms with Crippen molar-refractivity contribution >= 4 is 0 Å². The van der Waals surface area contributed by atoms with Crippen LogP contribution in [-0.4, -0.2) is 20.3 Å². The molecule has 0 fully saturated rings. The summed E-state index contributed by atoms with van der Waals surface area (Å²) in [6, 6.07) is 0. The molecule has 2 aromatic heterocycles. The second-order valence-corrected chi connectivity index (χ2v) is 5.91. The molecule has 2 unspecified atom stereocenters. The quantitative estimate of drug-likeness (QED) is 0.771. The van der Waals surface area contributed by atoms with Crippen LogP contribution in [0.15, 0.2) is 8.94 Å². The van der Waals surface area contributed by atoms with E-state index in [0.29, 0.717) is 17.7 Å². The largest absolute Gasteiger partial charge is 0.425 e. The lowest BCUT2D eigenvalue weighted by molar-refractivity contribution is 0.369. The molecule has 0 spiro atoms. The normalized spacial score (nSPS) is 14.6. The maximum absolute atomic E-state index is 5.69. The van der Waals surface area contributed by atoms with Crippen LogP contribution in [0.25, 0.3) is 0 Å². The molecule has 0 aliphatic heterocycles. The van der Waals surface area contributed by atoms with E-state index in [0.717, 1.165) is 25.1 Å². The summed E-state index contributed by atoms with van der Waals surface area (Å²) in [4.78, 5) is 4.38. The molecule has 0 aliphatic rings. The Morgan fingerprint density at radius 2 is 1.62 bits per heavy atom. The first kappa shape index (κ1) is 15.7. The van der Waals surface area contributed by atoms with Gasteiger partial charge in [-0.25, -0.2) is 0 Å². The van der Waals surface area contributed by atoms with Crippen LogP contribution >= 0.6 is 0 Å². The summed E-state index contributed by atoms with van der Waals surface area (Å²) in [6.07, 6.45) is 2.69. The standard InChI is InChI=1S/C15H24N4O2/c1-6-12-16-13(19-21-12)10(4)7-8-11(5)15-18-17-14(20-15)9(2)3/h9-11H,6-8H2,1-5H3. The van der Waals surface area contributed by atoms with Gasteiger partial charge in [-0.1, -0.05) is 39.8 Å². The van der Waals surface area contributed by atoms with E-state index in [1.54, 1.807) is 0 Å². The van der Waals surface area contributed by atoms with E-state index < -0.39 is 0 Å². The molecule has 0 radical (unpaired) electrons. The Hall–Kier alpha value is -1.72. The zero-order valence-corrected chi connectivity index (χ0v) is 13.5. The van der Waals surface area contributed by atoms with Gasteiger partial charge in [0.2, 0.25) is 17.7 Å². The summed E-state index contributed by atoms with van der Waals surface area (Å²) in [7, 11) is 0. The predicted molar refractivity (Wildman–Crippen MR) is 78.1 cm³/mol. The van der Waals surface area contributed by atoms with E-state index >= 15 is 0 Å². The molecular weight excluding hydrogens is 268 g/mol. The maximum Gasteiger partial charge on any atom is 0.226 e. The molecule has 116 valence electrons. The van der Waals surface area contributed by atoms with Gasteiger partial charge in [0.25, 0.3) is 0 Å². The maximum atomic E-state index is 5.69. The Bertz CT molecular complexity index is 562. The molecule has 2 rings (SSSR count). The molecular formula is C15H24N4O2. The van der Waals surface area contributed by atoms with Crippen LogP contribution in [0, 0.1) is 0 Å². The lowest BCUT2D eigenvalue weighted by atomic mass is 9.97. The molecule has 0 saturated heterocycles. The second-order valence-electron chi connectivity index (χ2n) is 5.91. The summed E-state index contributed by atoms with van der Waals surface area (Å²) in [5, 5.41) is 12.2. The Kier molecular flexibility index (Phi) is 5.09. The summed E-state index contributed by atoms with van der Waals surface area (Å²) < 4.78 is 10.8. The van der Waals surface area contributed by atoms with Crippen molar-refractivity contribution in [1.29, 1.82) is 0 Å². The highest BCUT2D eigenvalue weighted by Crippen LogP contribution is 2.26. The Morgan fingerprint density at radius 1 is 0.952 bits per heavy atom. The molecule has 0 amide bonds. The van der Waals surface area contributed by atoms with Gasteiger partial charge in [-0.3, -0.25) is 0 Å². The van der Waals surface area contributed by atoms with E-state index in [4.69, 9.17) is 8.94 Å². The Labute approximate surface area is 125 Å². The van der Waals surface area contributed by atoms with Gasteiger partial charge >= 0.3 is 0 Å². The van der Waals surface area contributed by atoms with Crippen LogP contribution in [0.4, 0.5) is 0 Å². The van der Waals surface area contributed by atoms with Crippen LogP contribution in [0.5, 0.6) is 0 Å². The van der Waals surface area contributed by atoms with Gasteiger partial charge < -0.3 is 8.94 Å². The van der Waals surface area contributed by atoms with Crippen LogP contribution in [-0.2, 0) is 6.42 Å². The first-order valence-corrected chi connectivity index (χ1v) is 7.67. The average molecular weight is 292 g/mol. The highest BCUT2D eigenvalue weighted by Gasteiger charge is 2.19. The Balaban J connectivity index is 1.89. The Morgan fingerprint density at radius 3 is 2.19 bits per heavy atom. The molecule has 6 nitrogen and oxygen atoms in total. The average Bonchev–Trinajstić information content (AvgIpc) is 3.12. The first-order valence-electron chi connectivity index (χ1n) is 7.67. The summed E-state index contributed by atoms with van der Waals surface area (Å²) in [5.74, 6) is 3.68. The predicted octanol–water partition coefficient (Wildman–Crippen LogP) is 3.83. The third kappa shape index (κ3) is 3.89. The highest BCUT2D eigenvalue weighted by atomic mass is 16.5. The molecule has 2 aromatic rings. The SMILES string of the molecule is CCc1nc(C(C)CCC(C)c2nnc(C(C)C)o2)no1. The lowest BCUT2D eigenvalue weighted by Crippen LogP contribution is -2.01. The van der Waals surface area contributed by atoms with Crippen molar-refractivity contribution in [2.24, 2.45) is 0 Å². The molecule has 21 heavy (non-hydrogen) atoms. The van der Waals surface area contributed by atoms with E-state index in [1.165, 1.54) is 0 Å². The monoisotopic (exact) mass is 292 g/mol. The number of hydrogen-bond acceptors (Lipinski definition) is 6. The minimum Gasteiger partial charge on any atom is -0.425 e. The molecule has 6 heteroatoms. The molecule has 2 atom stereocenters.